The van der Waals surface area contributed by atoms with Crippen molar-refractivity contribution in [3.05, 3.63) is 12.2 Å². The molecule has 1 amide bonds. The van der Waals surface area contributed by atoms with E-state index in [1.165, 1.54) is 32.3 Å². The van der Waals surface area contributed by atoms with E-state index in [0.717, 1.165) is 19.3 Å². The van der Waals surface area contributed by atoms with Crippen molar-refractivity contribution in [3.63, 3.8) is 0 Å². The molecule has 0 saturated heterocycles. The third-order valence-electron chi connectivity index (χ3n) is 3.03. The standard InChI is InChI=1S/C14H28NO6P/c1-3-4-5-6-7-8-9-10-14(17)13(15-12(2)16)11-21-22(18,19)20/h9-10,13-14,17H,3-8,11H2,1-2H3,(H,15,16)(H2,18,19,20)/b10-9+/t13-,14+/m0/s1. The number of phosphoric acid groups is 1. The van der Waals surface area contributed by atoms with Crippen LogP contribution in [0.3, 0.4) is 0 Å². The Labute approximate surface area is 132 Å². The second-order valence-electron chi connectivity index (χ2n) is 5.21. The summed E-state index contributed by atoms with van der Waals surface area (Å²) < 4.78 is 15.0. The molecule has 0 aliphatic rings. The molecule has 0 aliphatic heterocycles. The Morgan fingerprint density at radius 3 is 2.45 bits per heavy atom. The highest BCUT2D eigenvalue weighted by atomic mass is 31.2. The number of phosphoric ester groups is 1. The van der Waals surface area contributed by atoms with Gasteiger partial charge in [0.15, 0.2) is 0 Å². The van der Waals surface area contributed by atoms with Crippen molar-refractivity contribution in [2.75, 3.05) is 6.61 Å². The minimum absolute atomic E-state index is 0.411. The minimum atomic E-state index is -4.64. The van der Waals surface area contributed by atoms with E-state index in [0.29, 0.717) is 0 Å². The van der Waals surface area contributed by atoms with E-state index < -0.39 is 32.5 Å². The fraction of sp³-hybridized carbons (Fsp3) is 0.786. The minimum Gasteiger partial charge on any atom is -0.387 e. The van der Waals surface area contributed by atoms with Crippen LogP contribution in [0.2, 0.25) is 0 Å². The summed E-state index contributed by atoms with van der Waals surface area (Å²) in [6.45, 7) is 2.94. The molecule has 130 valence electrons. The Morgan fingerprint density at radius 1 is 1.27 bits per heavy atom. The maximum absolute atomic E-state index is 11.1. The molecule has 0 spiro atoms. The van der Waals surface area contributed by atoms with Crippen LogP contribution in [-0.4, -0.2) is 39.6 Å². The maximum Gasteiger partial charge on any atom is 0.469 e. The number of amides is 1. The maximum atomic E-state index is 11.1. The average molecular weight is 337 g/mol. The van der Waals surface area contributed by atoms with Crippen molar-refractivity contribution in [2.45, 2.75) is 64.5 Å². The van der Waals surface area contributed by atoms with Crippen LogP contribution >= 0.6 is 7.82 Å². The second-order valence-corrected chi connectivity index (χ2v) is 6.45. The molecular formula is C14H28NO6P. The summed E-state index contributed by atoms with van der Waals surface area (Å²) in [4.78, 5) is 28.4. The van der Waals surface area contributed by atoms with E-state index in [-0.39, 0.29) is 0 Å². The fourth-order valence-electron chi connectivity index (χ4n) is 1.90. The predicted octanol–water partition coefficient (Wildman–Crippen LogP) is 1.88. The first-order valence-corrected chi connectivity index (χ1v) is 9.11. The van der Waals surface area contributed by atoms with Gasteiger partial charge in [-0.2, -0.15) is 0 Å². The van der Waals surface area contributed by atoms with E-state index in [4.69, 9.17) is 9.79 Å². The lowest BCUT2D eigenvalue weighted by Gasteiger charge is -2.21. The van der Waals surface area contributed by atoms with Gasteiger partial charge in [0.05, 0.1) is 18.8 Å². The number of hydrogen-bond acceptors (Lipinski definition) is 4. The average Bonchev–Trinajstić information content (AvgIpc) is 2.40. The van der Waals surface area contributed by atoms with Crippen LogP contribution in [0.5, 0.6) is 0 Å². The highest BCUT2D eigenvalue weighted by molar-refractivity contribution is 7.46. The normalized spacial score (nSPS) is 15.0. The number of unbranched alkanes of at least 4 members (excludes halogenated alkanes) is 5. The van der Waals surface area contributed by atoms with Crippen LogP contribution in [0.1, 0.15) is 52.4 Å². The first kappa shape index (κ1) is 21.3. The molecule has 0 aromatic heterocycles. The Kier molecular flexibility index (Phi) is 11.4. The lowest BCUT2D eigenvalue weighted by Crippen LogP contribution is -2.44. The number of hydrogen-bond donors (Lipinski definition) is 4. The van der Waals surface area contributed by atoms with Gasteiger partial charge < -0.3 is 20.2 Å². The molecule has 2 atom stereocenters. The molecule has 0 bridgehead atoms. The van der Waals surface area contributed by atoms with Crippen LogP contribution < -0.4 is 5.32 Å². The Balaban J connectivity index is 4.22. The van der Waals surface area contributed by atoms with Gasteiger partial charge in [-0.1, -0.05) is 44.8 Å². The van der Waals surface area contributed by atoms with E-state index in [1.807, 2.05) is 6.08 Å². The topological polar surface area (TPSA) is 116 Å². The summed E-state index contributed by atoms with van der Waals surface area (Å²) in [6.07, 6.45) is 8.82. The highest BCUT2D eigenvalue weighted by Crippen LogP contribution is 2.35. The fourth-order valence-corrected chi connectivity index (χ4v) is 2.25. The van der Waals surface area contributed by atoms with Gasteiger partial charge >= 0.3 is 7.82 Å². The molecule has 0 aromatic rings. The number of aliphatic hydroxyl groups excluding tert-OH is 1. The number of allylic oxidation sites excluding steroid dienone is 1. The third kappa shape index (κ3) is 13.0. The highest BCUT2D eigenvalue weighted by Gasteiger charge is 2.23. The smallest absolute Gasteiger partial charge is 0.387 e. The summed E-state index contributed by atoms with van der Waals surface area (Å²) in [5.41, 5.74) is 0. The summed E-state index contributed by atoms with van der Waals surface area (Å²) in [6, 6.07) is -0.901. The quantitative estimate of drug-likeness (QED) is 0.245. The first-order valence-electron chi connectivity index (χ1n) is 7.58. The molecule has 22 heavy (non-hydrogen) atoms. The monoisotopic (exact) mass is 337 g/mol. The lowest BCUT2D eigenvalue weighted by molar-refractivity contribution is -0.120. The SMILES string of the molecule is CCCCCCC/C=C/[C@@H](O)[C@H](COP(=O)(O)O)NC(C)=O. The van der Waals surface area contributed by atoms with Gasteiger partial charge in [0, 0.05) is 6.92 Å². The van der Waals surface area contributed by atoms with E-state index in [9.17, 15) is 14.5 Å². The summed E-state index contributed by atoms with van der Waals surface area (Å²) in [7, 11) is -4.64. The molecule has 0 fully saturated rings. The van der Waals surface area contributed by atoms with Crippen molar-refractivity contribution in [2.24, 2.45) is 0 Å². The molecular weight excluding hydrogens is 309 g/mol. The van der Waals surface area contributed by atoms with Gasteiger partial charge in [0.1, 0.15) is 0 Å². The van der Waals surface area contributed by atoms with Gasteiger partial charge in [0.25, 0.3) is 0 Å². The van der Waals surface area contributed by atoms with E-state index >= 15 is 0 Å². The third-order valence-corrected chi connectivity index (χ3v) is 3.52. The van der Waals surface area contributed by atoms with Crippen LogP contribution in [0.25, 0.3) is 0 Å². The van der Waals surface area contributed by atoms with Crippen LogP contribution in [-0.2, 0) is 13.9 Å². The number of carbonyl (C=O) groups excluding carboxylic acids is 1. The zero-order valence-corrected chi connectivity index (χ0v) is 14.2. The van der Waals surface area contributed by atoms with Gasteiger partial charge in [0.2, 0.25) is 5.91 Å². The summed E-state index contributed by atoms with van der Waals surface area (Å²) in [5.74, 6) is -0.411. The number of nitrogens with one attached hydrogen (secondary N) is 1. The zero-order chi connectivity index (χ0) is 17.0. The number of rotatable bonds is 12. The number of carbonyl (C=O) groups is 1. The molecule has 0 rings (SSSR count). The van der Waals surface area contributed by atoms with Crippen LogP contribution in [0, 0.1) is 0 Å². The van der Waals surface area contributed by atoms with Crippen molar-refractivity contribution in [1.29, 1.82) is 0 Å². The Hall–Kier alpha value is -0.720. The molecule has 7 nitrogen and oxygen atoms in total. The largest absolute Gasteiger partial charge is 0.469 e. The first-order chi connectivity index (χ1) is 10.3. The summed E-state index contributed by atoms with van der Waals surface area (Å²) >= 11 is 0. The Morgan fingerprint density at radius 2 is 1.91 bits per heavy atom. The van der Waals surface area contributed by atoms with Crippen molar-refractivity contribution >= 4 is 13.7 Å². The molecule has 0 radical (unpaired) electrons. The summed E-state index contributed by atoms with van der Waals surface area (Å²) in [5, 5.41) is 12.4. The van der Waals surface area contributed by atoms with Crippen LogP contribution in [0.4, 0.5) is 0 Å². The number of aliphatic hydroxyl groups is 1. The Bertz CT molecular complexity index is 382. The van der Waals surface area contributed by atoms with Crippen LogP contribution in [0.15, 0.2) is 12.2 Å². The zero-order valence-electron chi connectivity index (χ0n) is 13.3. The molecule has 0 unspecified atom stereocenters. The molecule has 0 heterocycles. The molecule has 8 heteroatoms. The van der Waals surface area contributed by atoms with E-state index in [2.05, 4.69) is 16.8 Å². The van der Waals surface area contributed by atoms with Gasteiger partial charge in [-0.15, -0.1) is 0 Å². The van der Waals surface area contributed by atoms with Crippen molar-refractivity contribution in [1.82, 2.24) is 5.32 Å². The molecule has 0 saturated carbocycles. The lowest BCUT2D eigenvalue weighted by atomic mass is 10.1. The van der Waals surface area contributed by atoms with Gasteiger partial charge in [-0.3, -0.25) is 9.32 Å². The predicted molar refractivity (Wildman–Crippen MR) is 84.1 cm³/mol. The van der Waals surface area contributed by atoms with E-state index in [1.54, 1.807) is 0 Å². The van der Waals surface area contributed by atoms with Gasteiger partial charge in [-0.05, 0) is 12.8 Å². The van der Waals surface area contributed by atoms with Crippen molar-refractivity contribution in [3.8, 4) is 0 Å². The molecule has 0 aromatic carbocycles. The second kappa shape index (κ2) is 11.8. The molecule has 4 N–H and O–H groups in total. The van der Waals surface area contributed by atoms with Crippen molar-refractivity contribution < 1.29 is 28.8 Å². The molecule has 0 aliphatic carbocycles. The van der Waals surface area contributed by atoms with Gasteiger partial charge in [-0.25, -0.2) is 4.57 Å².